The van der Waals surface area contributed by atoms with Crippen molar-refractivity contribution in [1.29, 1.82) is 0 Å². The SMILES string of the molecule is NC(=S)N(N)Cc1ccc(O)cc1O. The highest BCUT2D eigenvalue weighted by Crippen LogP contribution is 2.22. The molecule has 6 N–H and O–H groups in total. The number of rotatable bonds is 2. The molecule has 14 heavy (non-hydrogen) atoms. The molecule has 0 saturated carbocycles. The minimum atomic E-state index is -0.0447. The number of phenolic OH excluding ortho intramolecular Hbond substituents is 2. The van der Waals surface area contributed by atoms with Gasteiger partial charge in [-0.1, -0.05) is 0 Å². The summed E-state index contributed by atoms with van der Waals surface area (Å²) < 4.78 is 0. The summed E-state index contributed by atoms with van der Waals surface area (Å²) in [5.41, 5.74) is 5.81. The first-order valence-corrected chi connectivity index (χ1v) is 4.24. The topological polar surface area (TPSA) is 95.7 Å². The molecule has 0 bridgehead atoms. The van der Waals surface area contributed by atoms with E-state index in [1.807, 2.05) is 0 Å². The average molecular weight is 213 g/mol. The highest BCUT2D eigenvalue weighted by Gasteiger charge is 2.06. The monoisotopic (exact) mass is 213 g/mol. The van der Waals surface area contributed by atoms with Crippen LogP contribution >= 0.6 is 12.2 Å². The molecule has 6 heteroatoms. The Morgan fingerprint density at radius 2 is 2.07 bits per heavy atom. The van der Waals surface area contributed by atoms with Crippen molar-refractivity contribution in [2.45, 2.75) is 6.54 Å². The Hall–Kier alpha value is -1.53. The molecule has 0 aliphatic heterocycles. The summed E-state index contributed by atoms with van der Waals surface area (Å²) in [6.45, 7) is 0.196. The summed E-state index contributed by atoms with van der Waals surface area (Å²) in [5, 5.41) is 19.6. The fourth-order valence-corrected chi connectivity index (χ4v) is 1.01. The van der Waals surface area contributed by atoms with Gasteiger partial charge in [0.1, 0.15) is 11.5 Å². The smallest absolute Gasteiger partial charge is 0.180 e. The molecule has 0 aliphatic carbocycles. The lowest BCUT2D eigenvalue weighted by Gasteiger charge is -2.16. The first-order chi connectivity index (χ1) is 6.50. The number of hydrazine groups is 1. The van der Waals surface area contributed by atoms with Crippen molar-refractivity contribution < 1.29 is 10.2 Å². The number of nitrogens with zero attached hydrogens (tertiary/aromatic N) is 1. The normalized spacial score (nSPS) is 9.79. The van der Waals surface area contributed by atoms with E-state index < -0.39 is 0 Å². The predicted molar refractivity (Wildman–Crippen MR) is 56.3 cm³/mol. The number of phenols is 2. The highest BCUT2D eigenvalue weighted by molar-refractivity contribution is 7.80. The molecular formula is C8H11N3O2S. The van der Waals surface area contributed by atoms with Crippen molar-refractivity contribution in [3.63, 3.8) is 0 Å². The molecule has 5 nitrogen and oxygen atoms in total. The predicted octanol–water partition coefficient (Wildman–Crippen LogP) is 0.0171. The number of hydrogen-bond acceptors (Lipinski definition) is 4. The van der Waals surface area contributed by atoms with Crippen LogP contribution in [-0.4, -0.2) is 20.3 Å². The number of benzene rings is 1. The second-order valence-electron chi connectivity index (χ2n) is 2.78. The molecular weight excluding hydrogens is 202 g/mol. The van der Waals surface area contributed by atoms with Crippen LogP contribution in [0, 0.1) is 0 Å². The van der Waals surface area contributed by atoms with Crippen molar-refractivity contribution >= 4 is 17.3 Å². The van der Waals surface area contributed by atoms with E-state index in [9.17, 15) is 5.11 Å². The largest absolute Gasteiger partial charge is 0.508 e. The van der Waals surface area contributed by atoms with Crippen LogP contribution in [0.3, 0.4) is 0 Å². The molecule has 0 amide bonds. The van der Waals surface area contributed by atoms with Crippen LogP contribution in [0.1, 0.15) is 5.56 Å². The molecule has 1 aromatic carbocycles. The maximum atomic E-state index is 9.40. The number of aromatic hydroxyl groups is 2. The molecule has 0 heterocycles. The van der Waals surface area contributed by atoms with E-state index in [2.05, 4.69) is 12.2 Å². The fraction of sp³-hybridized carbons (Fsp3) is 0.125. The van der Waals surface area contributed by atoms with Crippen LogP contribution in [-0.2, 0) is 6.54 Å². The first-order valence-electron chi connectivity index (χ1n) is 3.83. The summed E-state index contributed by atoms with van der Waals surface area (Å²) >= 11 is 4.63. The van der Waals surface area contributed by atoms with E-state index in [4.69, 9.17) is 16.7 Å². The van der Waals surface area contributed by atoms with Gasteiger partial charge >= 0.3 is 0 Å². The van der Waals surface area contributed by atoms with E-state index in [0.717, 1.165) is 5.01 Å². The minimum absolute atomic E-state index is 0.00912. The van der Waals surface area contributed by atoms with Crippen LogP contribution in [0.4, 0.5) is 0 Å². The quantitative estimate of drug-likeness (QED) is 0.314. The molecule has 0 aromatic heterocycles. The van der Waals surface area contributed by atoms with Gasteiger partial charge in [0.2, 0.25) is 0 Å². The van der Waals surface area contributed by atoms with Gasteiger partial charge in [-0.05, 0) is 24.4 Å². The molecule has 0 unspecified atom stereocenters. The maximum Gasteiger partial charge on any atom is 0.180 e. The summed E-state index contributed by atoms with van der Waals surface area (Å²) in [6, 6.07) is 4.22. The lowest BCUT2D eigenvalue weighted by atomic mass is 10.2. The highest BCUT2D eigenvalue weighted by atomic mass is 32.1. The van der Waals surface area contributed by atoms with Gasteiger partial charge in [-0.2, -0.15) is 0 Å². The Kier molecular flexibility index (Phi) is 3.10. The Morgan fingerprint density at radius 1 is 1.43 bits per heavy atom. The number of nitrogens with two attached hydrogens (primary N) is 2. The van der Waals surface area contributed by atoms with Crippen LogP contribution in [0.5, 0.6) is 11.5 Å². The van der Waals surface area contributed by atoms with E-state index in [0.29, 0.717) is 5.56 Å². The summed E-state index contributed by atoms with van der Waals surface area (Å²) in [4.78, 5) is 0. The van der Waals surface area contributed by atoms with Crippen LogP contribution in [0.25, 0.3) is 0 Å². The van der Waals surface area contributed by atoms with Gasteiger partial charge in [0.15, 0.2) is 5.11 Å². The van der Waals surface area contributed by atoms with Crippen molar-refractivity contribution in [3.8, 4) is 11.5 Å². The van der Waals surface area contributed by atoms with Gasteiger partial charge in [-0.15, -0.1) is 0 Å². The number of thiocarbonyl (C=S) groups is 1. The molecule has 0 fully saturated rings. The first kappa shape index (κ1) is 10.6. The third-order valence-corrected chi connectivity index (χ3v) is 1.93. The van der Waals surface area contributed by atoms with Gasteiger partial charge in [0, 0.05) is 11.6 Å². The van der Waals surface area contributed by atoms with Crippen molar-refractivity contribution in [2.24, 2.45) is 11.6 Å². The Balaban J connectivity index is 2.82. The molecule has 1 rings (SSSR count). The standard InChI is InChI=1S/C8H11N3O2S/c9-8(14)11(10)4-5-1-2-6(12)3-7(5)13/h1-3,12-13H,4,10H2,(H2,9,14). The van der Waals surface area contributed by atoms with Gasteiger partial charge in [0.25, 0.3) is 0 Å². The van der Waals surface area contributed by atoms with Crippen molar-refractivity contribution in [2.75, 3.05) is 0 Å². The minimum Gasteiger partial charge on any atom is -0.508 e. The summed E-state index contributed by atoms with van der Waals surface area (Å²) in [7, 11) is 0. The number of hydrogen-bond donors (Lipinski definition) is 4. The molecule has 76 valence electrons. The zero-order valence-electron chi connectivity index (χ0n) is 7.34. The Morgan fingerprint density at radius 3 is 2.57 bits per heavy atom. The third kappa shape index (κ3) is 2.48. The summed E-state index contributed by atoms with van der Waals surface area (Å²) in [5.74, 6) is 5.40. The van der Waals surface area contributed by atoms with E-state index in [1.54, 1.807) is 6.07 Å². The van der Waals surface area contributed by atoms with Crippen molar-refractivity contribution in [3.05, 3.63) is 23.8 Å². The van der Waals surface area contributed by atoms with Crippen LogP contribution in [0.2, 0.25) is 0 Å². The third-order valence-electron chi connectivity index (χ3n) is 1.69. The van der Waals surface area contributed by atoms with Gasteiger partial charge < -0.3 is 15.9 Å². The lowest BCUT2D eigenvalue weighted by Crippen LogP contribution is -2.40. The van der Waals surface area contributed by atoms with E-state index in [-0.39, 0.29) is 23.2 Å². The maximum absolute atomic E-state index is 9.40. The van der Waals surface area contributed by atoms with E-state index in [1.165, 1.54) is 12.1 Å². The molecule has 0 aliphatic rings. The van der Waals surface area contributed by atoms with Crippen LogP contribution in [0.15, 0.2) is 18.2 Å². The van der Waals surface area contributed by atoms with Gasteiger partial charge in [-0.3, -0.25) is 5.01 Å². The van der Waals surface area contributed by atoms with Gasteiger partial charge in [0.05, 0.1) is 6.54 Å². The second kappa shape index (κ2) is 4.12. The summed E-state index contributed by atoms with van der Waals surface area (Å²) in [6.07, 6.45) is 0. The molecule has 1 aromatic rings. The molecule has 0 spiro atoms. The van der Waals surface area contributed by atoms with Crippen LogP contribution < -0.4 is 11.6 Å². The van der Waals surface area contributed by atoms with Gasteiger partial charge in [-0.25, -0.2) is 5.84 Å². The lowest BCUT2D eigenvalue weighted by molar-refractivity contribution is 0.407. The molecule has 0 atom stereocenters. The zero-order valence-corrected chi connectivity index (χ0v) is 8.16. The molecule has 0 saturated heterocycles. The van der Waals surface area contributed by atoms with Crippen molar-refractivity contribution in [1.82, 2.24) is 5.01 Å². The fourth-order valence-electron chi connectivity index (χ4n) is 0.947. The zero-order chi connectivity index (χ0) is 10.7. The Bertz CT molecular complexity index is 356. The average Bonchev–Trinajstić information content (AvgIpc) is 2.09. The Labute approximate surface area is 86.5 Å². The van der Waals surface area contributed by atoms with E-state index >= 15 is 0 Å². The second-order valence-corrected chi connectivity index (χ2v) is 3.20. The molecule has 0 radical (unpaired) electrons.